The maximum Gasteiger partial charge on any atom is 0.417 e. The molecule has 1 aromatic carbocycles. The first kappa shape index (κ1) is 16.0. The lowest BCUT2D eigenvalue weighted by Crippen LogP contribution is -2.21. The molecular weight excluding hydrogens is 294 g/mol. The quantitative estimate of drug-likeness (QED) is 0.489. The summed E-state index contributed by atoms with van der Waals surface area (Å²) < 4.78 is 80.0. The van der Waals surface area contributed by atoms with E-state index in [0.29, 0.717) is 18.2 Å². The predicted molar refractivity (Wildman–Crippen MR) is 52.8 cm³/mol. The van der Waals surface area contributed by atoms with Crippen LogP contribution in [0, 0.1) is 0 Å². The van der Waals surface area contributed by atoms with Crippen LogP contribution in [0.1, 0.15) is 21.5 Å². The van der Waals surface area contributed by atoms with E-state index in [0.717, 1.165) is 0 Å². The second-order valence-electron chi connectivity index (χ2n) is 3.49. The van der Waals surface area contributed by atoms with Crippen LogP contribution in [-0.2, 0) is 21.9 Å². The van der Waals surface area contributed by atoms with Gasteiger partial charge in [0.1, 0.15) is 6.61 Å². The Kier molecular flexibility index (Phi) is 4.41. The highest BCUT2D eigenvalue weighted by Gasteiger charge is 2.43. The number of alkyl halides is 6. The van der Waals surface area contributed by atoms with Crippen molar-refractivity contribution in [1.29, 1.82) is 0 Å². The van der Waals surface area contributed by atoms with Crippen LogP contribution in [0.25, 0.3) is 0 Å². The molecule has 0 aromatic heterocycles. The normalized spacial score (nSPS) is 12.1. The van der Waals surface area contributed by atoms with Crippen LogP contribution in [0.4, 0.5) is 26.3 Å². The molecule has 0 unspecified atom stereocenters. The molecule has 0 saturated heterocycles. The van der Waals surface area contributed by atoms with E-state index in [1.165, 1.54) is 0 Å². The van der Waals surface area contributed by atoms with Gasteiger partial charge in [0, 0.05) is 0 Å². The van der Waals surface area contributed by atoms with Crippen molar-refractivity contribution in [3.05, 3.63) is 34.9 Å². The minimum absolute atomic E-state index is 0.0291. The van der Waals surface area contributed by atoms with Crippen molar-refractivity contribution in [2.45, 2.75) is 12.4 Å². The maximum absolute atomic E-state index is 12.7. The average molecular weight is 300 g/mol. The number of carbonyl (C=O) groups is 2. The van der Waals surface area contributed by atoms with Crippen molar-refractivity contribution in [3.63, 3.8) is 0 Å². The molecule has 0 aliphatic rings. The van der Waals surface area contributed by atoms with Gasteiger partial charge in [0.2, 0.25) is 0 Å². The second-order valence-corrected chi connectivity index (χ2v) is 3.49. The molecule has 0 bridgehead atoms. The number of hydrogen-bond donors (Lipinski definition) is 0. The van der Waals surface area contributed by atoms with E-state index in [-0.39, 0.29) is 6.29 Å². The lowest BCUT2D eigenvalue weighted by Gasteiger charge is -2.17. The smallest absolute Gasteiger partial charge is 0.417 e. The van der Waals surface area contributed by atoms with Crippen LogP contribution < -0.4 is 0 Å². The Morgan fingerprint density at radius 3 is 1.85 bits per heavy atom. The molecule has 110 valence electrons. The fourth-order valence-electron chi connectivity index (χ4n) is 1.43. The van der Waals surface area contributed by atoms with Crippen molar-refractivity contribution in [1.82, 2.24) is 0 Å². The predicted octanol–water partition coefficient (Wildman–Crippen LogP) is 3.08. The molecule has 9 heteroatoms. The summed E-state index contributed by atoms with van der Waals surface area (Å²) >= 11 is 0. The Bertz CT molecular complexity index is 486. The van der Waals surface area contributed by atoms with Gasteiger partial charge < -0.3 is 4.74 Å². The molecule has 1 rings (SSSR count). The molecule has 0 spiro atoms. The van der Waals surface area contributed by atoms with Gasteiger partial charge in [0.15, 0.2) is 6.29 Å². The summed E-state index contributed by atoms with van der Waals surface area (Å²) in [5, 5.41) is 0. The minimum Gasteiger partial charge on any atom is -0.454 e. The summed E-state index contributed by atoms with van der Waals surface area (Å²) in [4.78, 5) is 21.3. The SMILES string of the molecule is O=CCOC(=O)c1c(C(F)(F)F)cccc1C(F)(F)F. The van der Waals surface area contributed by atoms with Crippen molar-refractivity contribution >= 4 is 12.3 Å². The zero-order valence-electron chi connectivity index (χ0n) is 9.51. The maximum atomic E-state index is 12.7. The fraction of sp³-hybridized carbons (Fsp3) is 0.273. The second kappa shape index (κ2) is 5.51. The van der Waals surface area contributed by atoms with Gasteiger partial charge in [0.05, 0.1) is 16.7 Å². The van der Waals surface area contributed by atoms with E-state index < -0.39 is 41.6 Å². The monoisotopic (exact) mass is 300 g/mol. The molecule has 0 radical (unpaired) electrons. The van der Waals surface area contributed by atoms with Gasteiger partial charge in [-0.15, -0.1) is 0 Å². The fourth-order valence-corrected chi connectivity index (χ4v) is 1.43. The van der Waals surface area contributed by atoms with Gasteiger partial charge in [-0.25, -0.2) is 4.79 Å². The lowest BCUT2D eigenvalue weighted by atomic mass is 10.00. The number of benzene rings is 1. The molecule has 0 amide bonds. The molecule has 0 aliphatic carbocycles. The minimum atomic E-state index is -5.17. The van der Waals surface area contributed by atoms with Crippen molar-refractivity contribution in [3.8, 4) is 0 Å². The van der Waals surface area contributed by atoms with Gasteiger partial charge in [0.25, 0.3) is 0 Å². The molecule has 1 aromatic rings. The highest BCUT2D eigenvalue weighted by Crippen LogP contribution is 2.39. The number of hydrogen-bond acceptors (Lipinski definition) is 3. The van der Waals surface area contributed by atoms with Gasteiger partial charge in [-0.2, -0.15) is 26.3 Å². The van der Waals surface area contributed by atoms with E-state index >= 15 is 0 Å². The third-order valence-electron chi connectivity index (χ3n) is 2.16. The van der Waals surface area contributed by atoms with Gasteiger partial charge in [-0.1, -0.05) is 6.07 Å². The van der Waals surface area contributed by atoms with Crippen LogP contribution in [0.3, 0.4) is 0 Å². The Morgan fingerprint density at radius 1 is 1.05 bits per heavy atom. The van der Waals surface area contributed by atoms with Crippen LogP contribution in [0.2, 0.25) is 0 Å². The summed E-state index contributed by atoms with van der Waals surface area (Å²) in [6, 6.07) is 1.18. The summed E-state index contributed by atoms with van der Waals surface area (Å²) in [6.45, 7) is -0.942. The number of carbonyl (C=O) groups excluding carboxylic acids is 2. The van der Waals surface area contributed by atoms with Crippen molar-refractivity contribution in [2.75, 3.05) is 6.61 Å². The topological polar surface area (TPSA) is 43.4 Å². The third-order valence-corrected chi connectivity index (χ3v) is 2.16. The summed E-state index contributed by atoms with van der Waals surface area (Å²) in [6.07, 6.45) is -10.3. The molecule has 0 atom stereocenters. The standard InChI is InChI=1S/C11H6F6O3/c12-10(13,14)6-2-1-3-7(11(15,16)17)8(6)9(19)20-5-4-18/h1-4H,5H2. The first-order valence-corrected chi connectivity index (χ1v) is 4.97. The molecule has 0 fully saturated rings. The van der Waals surface area contributed by atoms with E-state index in [2.05, 4.69) is 4.74 Å². The molecule has 0 N–H and O–H groups in total. The third kappa shape index (κ3) is 3.49. The highest BCUT2D eigenvalue weighted by molar-refractivity contribution is 5.93. The van der Waals surface area contributed by atoms with E-state index in [4.69, 9.17) is 0 Å². The lowest BCUT2D eigenvalue weighted by molar-refractivity contribution is -0.144. The van der Waals surface area contributed by atoms with Gasteiger partial charge in [-0.05, 0) is 12.1 Å². The van der Waals surface area contributed by atoms with E-state index in [1.807, 2.05) is 0 Å². The van der Waals surface area contributed by atoms with Crippen molar-refractivity contribution in [2.24, 2.45) is 0 Å². The molecule has 0 aliphatic heterocycles. The molecule has 3 nitrogen and oxygen atoms in total. The summed E-state index contributed by atoms with van der Waals surface area (Å²) in [5.74, 6) is -1.86. The van der Waals surface area contributed by atoms with Gasteiger partial charge >= 0.3 is 18.3 Å². The first-order chi connectivity index (χ1) is 9.09. The first-order valence-electron chi connectivity index (χ1n) is 4.97. The molecule has 0 saturated carbocycles. The average Bonchev–Trinajstić information content (AvgIpc) is 2.32. The zero-order chi connectivity index (χ0) is 15.6. The number of esters is 1. The number of halogens is 6. The Hall–Kier alpha value is -2.06. The van der Waals surface area contributed by atoms with Crippen LogP contribution >= 0.6 is 0 Å². The van der Waals surface area contributed by atoms with Crippen LogP contribution in [0.5, 0.6) is 0 Å². The molecule has 0 heterocycles. The largest absolute Gasteiger partial charge is 0.454 e. The van der Waals surface area contributed by atoms with Crippen LogP contribution in [-0.4, -0.2) is 18.9 Å². The highest BCUT2D eigenvalue weighted by atomic mass is 19.4. The van der Waals surface area contributed by atoms with Crippen LogP contribution in [0.15, 0.2) is 18.2 Å². The number of ether oxygens (including phenoxy) is 1. The summed E-state index contributed by atoms with van der Waals surface area (Å²) in [5.41, 5.74) is -5.21. The Labute approximate surface area is 108 Å². The molecular formula is C11H6F6O3. The van der Waals surface area contributed by atoms with E-state index in [9.17, 15) is 35.9 Å². The van der Waals surface area contributed by atoms with Crippen molar-refractivity contribution < 1.29 is 40.7 Å². The van der Waals surface area contributed by atoms with E-state index in [1.54, 1.807) is 0 Å². The summed E-state index contributed by atoms with van der Waals surface area (Å²) in [7, 11) is 0. The Balaban J connectivity index is 3.48. The molecule has 20 heavy (non-hydrogen) atoms. The zero-order valence-corrected chi connectivity index (χ0v) is 9.51. The number of rotatable bonds is 3. The van der Waals surface area contributed by atoms with Gasteiger partial charge in [-0.3, -0.25) is 4.79 Å². The number of aldehydes is 1. The Morgan fingerprint density at radius 2 is 1.50 bits per heavy atom.